The van der Waals surface area contributed by atoms with Crippen LogP contribution >= 0.6 is 0 Å². The summed E-state index contributed by atoms with van der Waals surface area (Å²) in [5, 5.41) is 18.8. The Bertz CT molecular complexity index is 662. The van der Waals surface area contributed by atoms with Gasteiger partial charge in [-0.1, -0.05) is 32.1 Å². The lowest BCUT2D eigenvalue weighted by molar-refractivity contribution is -0.139. The zero-order chi connectivity index (χ0) is 18.5. The Labute approximate surface area is 152 Å². The van der Waals surface area contributed by atoms with Gasteiger partial charge in [0.15, 0.2) is 0 Å². The normalized spacial score (nSPS) is 18.9. The molecule has 0 radical (unpaired) electrons. The van der Waals surface area contributed by atoms with Gasteiger partial charge in [-0.05, 0) is 25.2 Å². The van der Waals surface area contributed by atoms with E-state index in [-0.39, 0.29) is 24.1 Å². The smallest absolute Gasteiger partial charge is 0.326 e. The van der Waals surface area contributed by atoms with Gasteiger partial charge in [0.25, 0.3) is 5.91 Å². The standard InChI is InChI=1S/C18H26N4O4/c23-16(20-14-4-2-1-3-5-14)11-22-10-13(9-19-22)17(24)21-15(18(25)26)8-12-6-7-12/h9-10,12,14-15H,1-8,11H2,(H,20,23)(H,21,24)(H,25,26). The molecule has 1 unspecified atom stereocenters. The quantitative estimate of drug-likeness (QED) is 0.645. The fraction of sp³-hybridized carbons (Fsp3) is 0.667. The van der Waals surface area contributed by atoms with Crippen LogP contribution in [0.2, 0.25) is 0 Å². The Hall–Kier alpha value is -2.38. The lowest BCUT2D eigenvalue weighted by Gasteiger charge is -2.22. The molecule has 0 spiro atoms. The van der Waals surface area contributed by atoms with Crippen LogP contribution < -0.4 is 10.6 Å². The van der Waals surface area contributed by atoms with Crippen molar-refractivity contribution >= 4 is 17.8 Å². The van der Waals surface area contributed by atoms with Crippen LogP contribution in [0.3, 0.4) is 0 Å². The van der Waals surface area contributed by atoms with Gasteiger partial charge in [-0.15, -0.1) is 0 Å². The number of nitrogens with one attached hydrogen (secondary N) is 2. The number of nitrogens with zero attached hydrogens (tertiary/aromatic N) is 2. The molecule has 0 aliphatic heterocycles. The highest BCUT2D eigenvalue weighted by Gasteiger charge is 2.30. The summed E-state index contributed by atoms with van der Waals surface area (Å²) in [5.74, 6) is -1.23. The first kappa shape index (κ1) is 18.4. The number of hydrogen-bond acceptors (Lipinski definition) is 4. The van der Waals surface area contributed by atoms with Gasteiger partial charge >= 0.3 is 5.97 Å². The van der Waals surface area contributed by atoms with Gasteiger partial charge in [-0.2, -0.15) is 5.10 Å². The summed E-state index contributed by atoms with van der Waals surface area (Å²) in [6, 6.07) is -0.652. The maximum Gasteiger partial charge on any atom is 0.326 e. The van der Waals surface area contributed by atoms with Crippen molar-refractivity contribution in [1.82, 2.24) is 20.4 Å². The van der Waals surface area contributed by atoms with Crippen molar-refractivity contribution in [2.24, 2.45) is 5.92 Å². The molecule has 2 aliphatic carbocycles. The Kier molecular flexibility index (Phi) is 5.90. The number of carboxylic acid groups (broad SMARTS) is 1. The van der Waals surface area contributed by atoms with E-state index in [9.17, 15) is 19.5 Å². The molecule has 1 heterocycles. The lowest BCUT2D eigenvalue weighted by atomic mass is 9.95. The SMILES string of the molecule is O=C(Cn1cc(C(=O)NC(CC2CC2)C(=O)O)cn1)NC1CCCCC1. The molecule has 2 saturated carbocycles. The van der Waals surface area contributed by atoms with Crippen LogP contribution in [0.1, 0.15) is 61.7 Å². The maximum atomic E-state index is 12.2. The highest BCUT2D eigenvalue weighted by Crippen LogP contribution is 2.33. The summed E-state index contributed by atoms with van der Waals surface area (Å²) in [4.78, 5) is 35.6. The number of carboxylic acids is 1. The van der Waals surface area contributed by atoms with E-state index in [1.165, 1.54) is 23.5 Å². The Morgan fingerprint density at radius 3 is 2.58 bits per heavy atom. The van der Waals surface area contributed by atoms with E-state index in [0.717, 1.165) is 38.5 Å². The second-order valence-corrected chi connectivity index (χ2v) is 7.37. The van der Waals surface area contributed by atoms with E-state index < -0.39 is 17.9 Å². The number of rotatable bonds is 8. The molecule has 3 N–H and O–H groups in total. The van der Waals surface area contributed by atoms with Gasteiger partial charge in [0.1, 0.15) is 12.6 Å². The average Bonchev–Trinajstić information content (AvgIpc) is 3.31. The third-order valence-corrected chi connectivity index (χ3v) is 5.04. The molecule has 0 saturated heterocycles. The van der Waals surface area contributed by atoms with Crippen LogP contribution in [0.25, 0.3) is 0 Å². The van der Waals surface area contributed by atoms with Crippen LogP contribution in [0, 0.1) is 5.92 Å². The highest BCUT2D eigenvalue weighted by atomic mass is 16.4. The Morgan fingerprint density at radius 2 is 1.92 bits per heavy atom. The van der Waals surface area contributed by atoms with E-state index in [2.05, 4.69) is 15.7 Å². The summed E-state index contributed by atoms with van der Waals surface area (Å²) in [7, 11) is 0. The van der Waals surface area contributed by atoms with Crippen molar-refractivity contribution in [3.05, 3.63) is 18.0 Å². The number of carbonyl (C=O) groups is 3. The van der Waals surface area contributed by atoms with E-state index in [1.54, 1.807) is 0 Å². The number of amides is 2. The van der Waals surface area contributed by atoms with Crippen molar-refractivity contribution in [2.45, 2.75) is 70.0 Å². The minimum atomic E-state index is -1.02. The molecule has 1 aromatic rings. The molecule has 0 aromatic carbocycles. The first-order valence-corrected chi connectivity index (χ1v) is 9.37. The van der Waals surface area contributed by atoms with Crippen LogP contribution in [-0.2, 0) is 16.1 Å². The van der Waals surface area contributed by atoms with Crippen molar-refractivity contribution in [3.63, 3.8) is 0 Å². The largest absolute Gasteiger partial charge is 0.480 e. The van der Waals surface area contributed by atoms with Gasteiger partial charge in [-0.25, -0.2) is 4.79 Å². The minimum Gasteiger partial charge on any atom is -0.480 e. The number of carbonyl (C=O) groups excluding carboxylic acids is 2. The lowest BCUT2D eigenvalue weighted by Crippen LogP contribution is -2.41. The molecule has 8 heteroatoms. The van der Waals surface area contributed by atoms with Crippen molar-refractivity contribution < 1.29 is 19.5 Å². The van der Waals surface area contributed by atoms with Crippen LogP contribution in [0.4, 0.5) is 0 Å². The molecule has 0 bridgehead atoms. The first-order chi connectivity index (χ1) is 12.5. The summed E-state index contributed by atoms with van der Waals surface area (Å²) in [5.41, 5.74) is 0.262. The monoisotopic (exact) mass is 362 g/mol. The summed E-state index contributed by atoms with van der Waals surface area (Å²) in [6.07, 6.45) is 10.9. The molecule has 1 aromatic heterocycles. The van der Waals surface area contributed by atoms with Gasteiger partial charge in [-0.3, -0.25) is 14.3 Å². The van der Waals surface area contributed by atoms with E-state index in [1.807, 2.05) is 0 Å². The number of aliphatic carboxylic acids is 1. The van der Waals surface area contributed by atoms with E-state index in [0.29, 0.717) is 12.3 Å². The fourth-order valence-corrected chi connectivity index (χ4v) is 3.38. The van der Waals surface area contributed by atoms with E-state index in [4.69, 9.17) is 0 Å². The van der Waals surface area contributed by atoms with Crippen LogP contribution in [0.5, 0.6) is 0 Å². The van der Waals surface area contributed by atoms with Gasteiger partial charge in [0.05, 0.1) is 11.8 Å². The number of hydrogen-bond donors (Lipinski definition) is 3. The Morgan fingerprint density at radius 1 is 1.19 bits per heavy atom. The number of aromatic nitrogens is 2. The fourth-order valence-electron chi connectivity index (χ4n) is 3.38. The topological polar surface area (TPSA) is 113 Å². The molecule has 142 valence electrons. The molecule has 1 atom stereocenters. The molecule has 3 rings (SSSR count). The van der Waals surface area contributed by atoms with Crippen LogP contribution in [-0.4, -0.2) is 44.8 Å². The second-order valence-electron chi connectivity index (χ2n) is 7.37. The van der Waals surface area contributed by atoms with Crippen LogP contribution in [0.15, 0.2) is 12.4 Å². The van der Waals surface area contributed by atoms with Gasteiger partial charge in [0.2, 0.25) is 5.91 Å². The molecular weight excluding hydrogens is 336 g/mol. The van der Waals surface area contributed by atoms with Crippen molar-refractivity contribution in [1.29, 1.82) is 0 Å². The molecular formula is C18H26N4O4. The molecule has 2 amide bonds. The Balaban J connectivity index is 1.50. The zero-order valence-electron chi connectivity index (χ0n) is 14.8. The summed E-state index contributed by atoms with van der Waals surface area (Å²) >= 11 is 0. The molecule has 2 fully saturated rings. The predicted molar refractivity (Wildman–Crippen MR) is 93.5 cm³/mol. The zero-order valence-corrected chi connectivity index (χ0v) is 14.8. The van der Waals surface area contributed by atoms with Crippen molar-refractivity contribution in [2.75, 3.05) is 0 Å². The molecule has 26 heavy (non-hydrogen) atoms. The second kappa shape index (κ2) is 8.33. The third kappa shape index (κ3) is 5.31. The van der Waals surface area contributed by atoms with Crippen molar-refractivity contribution in [3.8, 4) is 0 Å². The van der Waals surface area contributed by atoms with Gasteiger partial charge in [0, 0.05) is 12.2 Å². The third-order valence-electron chi connectivity index (χ3n) is 5.04. The summed E-state index contributed by atoms with van der Waals surface area (Å²) in [6.45, 7) is 0.0498. The minimum absolute atomic E-state index is 0.0498. The highest BCUT2D eigenvalue weighted by molar-refractivity contribution is 5.96. The molecule has 8 nitrogen and oxygen atoms in total. The molecule has 2 aliphatic rings. The average molecular weight is 362 g/mol. The predicted octanol–water partition coefficient (Wildman–Crippen LogP) is 1.32. The van der Waals surface area contributed by atoms with Gasteiger partial charge < -0.3 is 15.7 Å². The summed E-state index contributed by atoms with van der Waals surface area (Å²) < 4.78 is 1.41. The van der Waals surface area contributed by atoms with E-state index >= 15 is 0 Å². The maximum absolute atomic E-state index is 12.2. The first-order valence-electron chi connectivity index (χ1n) is 9.37.